The molecule has 1 saturated carbocycles. The number of benzene rings is 1. The highest BCUT2D eigenvalue weighted by atomic mass is 16.3. The number of hydrogen-bond donors (Lipinski definition) is 1. The van der Waals surface area contributed by atoms with Gasteiger partial charge < -0.3 is 5.11 Å². The van der Waals surface area contributed by atoms with Gasteiger partial charge in [-0.2, -0.15) is 0 Å². The second kappa shape index (κ2) is 4.61. The molecule has 0 unspecified atom stereocenters. The van der Waals surface area contributed by atoms with Crippen LogP contribution in [0.5, 0.6) is 0 Å². The second-order valence-electron chi connectivity index (χ2n) is 5.40. The van der Waals surface area contributed by atoms with Gasteiger partial charge >= 0.3 is 0 Å². The molecular weight excluding hydrogens is 212 g/mol. The standard InChI is InChI=1S/C15H20O2/c1-11(2)12-4-6-13(7-5-12)14(17)15(10-16)8-3-9-15/h4-7,11,16H,3,8-10H2,1-2H3. The van der Waals surface area contributed by atoms with E-state index in [1.54, 1.807) is 0 Å². The molecule has 2 rings (SSSR count). The molecule has 0 saturated heterocycles. The zero-order valence-electron chi connectivity index (χ0n) is 10.6. The molecular formula is C15H20O2. The van der Waals surface area contributed by atoms with Crippen molar-refractivity contribution in [2.75, 3.05) is 6.61 Å². The monoisotopic (exact) mass is 232 g/mol. The Hall–Kier alpha value is -1.15. The number of aliphatic hydroxyl groups is 1. The first-order valence-corrected chi connectivity index (χ1v) is 6.35. The molecule has 17 heavy (non-hydrogen) atoms. The van der Waals surface area contributed by atoms with E-state index in [2.05, 4.69) is 13.8 Å². The lowest BCUT2D eigenvalue weighted by Gasteiger charge is -2.38. The number of rotatable bonds is 4. The molecule has 92 valence electrons. The lowest BCUT2D eigenvalue weighted by atomic mass is 9.65. The van der Waals surface area contributed by atoms with Crippen molar-refractivity contribution in [2.45, 2.75) is 39.0 Å². The van der Waals surface area contributed by atoms with E-state index in [1.807, 2.05) is 24.3 Å². The summed E-state index contributed by atoms with van der Waals surface area (Å²) in [6.07, 6.45) is 2.71. The zero-order valence-corrected chi connectivity index (χ0v) is 10.6. The van der Waals surface area contributed by atoms with E-state index >= 15 is 0 Å². The van der Waals surface area contributed by atoms with Crippen molar-refractivity contribution in [1.82, 2.24) is 0 Å². The summed E-state index contributed by atoms with van der Waals surface area (Å²) in [7, 11) is 0. The van der Waals surface area contributed by atoms with Crippen LogP contribution in [0.2, 0.25) is 0 Å². The first-order valence-electron chi connectivity index (χ1n) is 6.35. The average molecular weight is 232 g/mol. The van der Waals surface area contributed by atoms with E-state index in [9.17, 15) is 9.90 Å². The summed E-state index contributed by atoms with van der Waals surface area (Å²) in [6.45, 7) is 4.26. The van der Waals surface area contributed by atoms with Gasteiger partial charge in [0.2, 0.25) is 0 Å². The van der Waals surface area contributed by atoms with Gasteiger partial charge in [0.05, 0.1) is 12.0 Å². The number of aliphatic hydroxyl groups excluding tert-OH is 1. The van der Waals surface area contributed by atoms with Crippen LogP contribution in [0.3, 0.4) is 0 Å². The molecule has 2 heteroatoms. The summed E-state index contributed by atoms with van der Waals surface area (Å²) in [4.78, 5) is 12.3. The van der Waals surface area contributed by atoms with Crippen LogP contribution in [-0.4, -0.2) is 17.5 Å². The van der Waals surface area contributed by atoms with E-state index < -0.39 is 5.41 Å². The van der Waals surface area contributed by atoms with E-state index in [0.717, 1.165) is 24.8 Å². The van der Waals surface area contributed by atoms with E-state index in [1.165, 1.54) is 5.56 Å². The maximum Gasteiger partial charge on any atom is 0.171 e. The lowest BCUT2D eigenvalue weighted by molar-refractivity contribution is 0.0348. The number of carbonyl (C=O) groups excluding carboxylic acids is 1. The average Bonchev–Trinajstić information content (AvgIpc) is 2.28. The normalized spacial score (nSPS) is 17.9. The summed E-state index contributed by atoms with van der Waals surface area (Å²) >= 11 is 0. The van der Waals surface area contributed by atoms with Crippen LogP contribution in [0.4, 0.5) is 0 Å². The Balaban J connectivity index is 2.20. The predicted octanol–water partition coefficient (Wildman–Crippen LogP) is 3.16. The Morgan fingerprint density at radius 3 is 2.24 bits per heavy atom. The molecule has 0 aliphatic heterocycles. The third-order valence-corrected chi connectivity index (χ3v) is 3.93. The fourth-order valence-corrected chi connectivity index (χ4v) is 2.39. The smallest absolute Gasteiger partial charge is 0.171 e. The summed E-state index contributed by atoms with van der Waals surface area (Å²) in [5.41, 5.74) is 1.51. The van der Waals surface area contributed by atoms with E-state index in [4.69, 9.17) is 0 Å². The summed E-state index contributed by atoms with van der Waals surface area (Å²) in [5.74, 6) is 0.594. The fourth-order valence-electron chi connectivity index (χ4n) is 2.39. The molecule has 0 heterocycles. The molecule has 1 aliphatic carbocycles. The Morgan fingerprint density at radius 1 is 1.29 bits per heavy atom. The molecule has 0 amide bonds. The van der Waals surface area contributed by atoms with Crippen molar-refractivity contribution in [1.29, 1.82) is 0 Å². The van der Waals surface area contributed by atoms with Crippen LogP contribution in [-0.2, 0) is 0 Å². The van der Waals surface area contributed by atoms with Crippen LogP contribution < -0.4 is 0 Å². The summed E-state index contributed by atoms with van der Waals surface area (Å²) in [6, 6.07) is 7.82. The Kier molecular flexibility index (Phi) is 3.34. The van der Waals surface area contributed by atoms with Gasteiger partial charge in [0.25, 0.3) is 0 Å². The molecule has 1 aromatic rings. The van der Waals surface area contributed by atoms with Crippen molar-refractivity contribution in [3.63, 3.8) is 0 Å². The number of ketones is 1. The zero-order chi connectivity index (χ0) is 12.5. The fraction of sp³-hybridized carbons (Fsp3) is 0.533. The molecule has 0 radical (unpaired) electrons. The first-order chi connectivity index (χ1) is 8.09. The van der Waals surface area contributed by atoms with Gasteiger partial charge in [-0.3, -0.25) is 4.79 Å². The number of Topliss-reactive ketones (excluding diaryl/α,β-unsaturated/α-hetero) is 1. The molecule has 2 nitrogen and oxygen atoms in total. The predicted molar refractivity (Wildman–Crippen MR) is 68.2 cm³/mol. The van der Waals surface area contributed by atoms with Gasteiger partial charge in [0.1, 0.15) is 0 Å². The third-order valence-electron chi connectivity index (χ3n) is 3.93. The van der Waals surface area contributed by atoms with Crippen molar-refractivity contribution < 1.29 is 9.90 Å². The van der Waals surface area contributed by atoms with Crippen molar-refractivity contribution in [2.24, 2.45) is 5.41 Å². The van der Waals surface area contributed by atoms with Crippen molar-refractivity contribution in [3.8, 4) is 0 Å². The SMILES string of the molecule is CC(C)c1ccc(C(=O)C2(CO)CCC2)cc1. The lowest BCUT2D eigenvalue weighted by Crippen LogP contribution is -2.41. The minimum absolute atomic E-state index is 0.0161. The molecule has 0 spiro atoms. The van der Waals surface area contributed by atoms with Gasteiger partial charge in [-0.05, 0) is 24.3 Å². The van der Waals surface area contributed by atoms with Gasteiger partial charge in [-0.25, -0.2) is 0 Å². The Bertz CT molecular complexity index is 394. The molecule has 1 aromatic carbocycles. The first kappa shape index (κ1) is 12.3. The minimum Gasteiger partial charge on any atom is -0.395 e. The van der Waals surface area contributed by atoms with Crippen LogP contribution in [0.25, 0.3) is 0 Å². The maximum atomic E-state index is 12.3. The van der Waals surface area contributed by atoms with Crippen LogP contribution in [0.1, 0.15) is 54.9 Å². The Labute approximate surface area is 103 Å². The highest BCUT2D eigenvalue weighted by Gasteiger charge is 2.43. The highest BCUT2D eigenvalue weighted by molar-refractivity contribution is 6.01. The molecule has 1 aliphatic rings. The molecule has 0 bridgehead atoms. The molecule has 1 fully saturated rings. The maximum absolute atomic E-state index is 12.3. The topological polar surface area (TPSA) is 37.3 Å². The van der Waals surface area contributed by atoms with E-state index in [-0.39, 0.29) is 12.4 Å². The van der Waals surface area contributed by atoms with Gasteiger partial charge in [-0.15, -0.1) is 0 Å². The molecule has 1 N–H and O–H groups in total. The van der Waals surface area contributed by atoms with Crippen LogP contribution >= 0.6 is 0 Å². The summed E-state index contributed by atoms with van der Waals surface area (Å²) < 4.78 is 0. The third kappa shape index (κ3) is 2.14. The largest absolute Gasteiger partial charge is 0.395 e. The van der Waals surface area contributed by atoms with Crippen molar-refractivity contribution in [3.05, 3.63) is 35.4 Å². The van der Waals surface area contributed by atoms with Crippen LogP contribution in [0, 0.1) is 5.41 Å². The van der Waals surface area contributed by atoms with Crippen molar-refractivity contribution >= 4 is 5.78 Å². The molecule has 0 atom stereocenters. The quantitative estimate of drug-likeness (QED) is 0.810. The molecule has 0 aromatic heterocycles. The highest BCUT2D eigenvalue weighted by Crippen LogP contribution is 2.43. The number of hydrogen-bond acceptors (Lipinski definition) is 2. The van der Waals surface area contributed by atoms with Crippen LogP contribution in [0.15, 0.2) is 24.3 Å². The van der Waals surface area contributed by atoms with Gasteiger partial charge in [0, 0.05) is 5.56 Å². The Morgan fingerprint density at radius 2 is 1.88 bits per heavy atom. The van der Waals surface area contributed by atoms with Gasteiger partial charge in [-0.1, -0.05) is 44.5 Å². The van der Waals surface area contributed by atoms with E-state index in [0.29, 0.717) is 5.92 Å². The minimum atomic E-state index is -0.473. The number of carbonyl (C=O) groups is 1. The summed E-state index contributed by atoms with van der Waals surface area (Å²) in [5, 5.41) is 9.39. The second-order valence-corrected chi connectivity index (χ2v) is 5.40. The van der Waals surface area contributed by atoms with Gasteiger partial charge in [0.15, 0.2) is 5.78 Å².